The van der Waals surface area contributed by atoms with Crippen molar-refractivity contribution in [1.82, 2.24) is 15.3 Å². The predicted molar refractivity (Wildman–Crippen MR) is 58.3 cm³/mol. The smallest absolute Gasteiger partial charge is 0.147 e. The summed E-state index contributed by atoms with van der Waals surface area (Å²) in [6.45, 7) is 5.20. The summed E-state index contributed by atoms with van der Waals surface area (Å²) in [5, 5.41) is 3.03. The minimum atomic E-state index is 0.748. The van der Waals surface area contributed by atoms with Crippen LogP contribution >= 0.6 is 0 Å². The molecule has 1 aromatic heterocycles. The molecule has 0 saturated heterocycles. The number of likely N-dealkylation sites (N-methyl/N-ethyl adjacent to an activating group) is 1. The van der Waals surface area contributed by atoms with Crippen LogP contribution in [-0.4, -0.2) is 30.6 Å². The van der Waals surface area contributed by atoms with Crippen molar-refractivity contribution in [2.75, 3.05) is 25.5 Å². The highest BCUT2D eigenvalue weighted by Crippen LogP contribution is 2.05. The van der Waals surface area contributed by atoms with Crippen LogP contribution in [0.3, 0.4) is 0 Å². The van der Waals surface area contributed by atoms with Crippen molar-refractivity contribution >= 4 is 5.82 Å². The molecule has 0 unspecified atom stereocenters. The third-order valence-corrected chi connectivity index (χ3v) is 1.84. The van der Waals surface area contributed by atoms with Crippen LogP contribution in [0.25, 0.3) is 0 Å². The Hall–Kier alpha value is -1.42. The van der Waals surface area contributed by atoms with Gasteiger partial charge in [0.2, 0.25) is 0 Å². The Labute approximate surface area is 84.7 Å². The Morgan fingerprint density at radius 3 is 2.79 bits per heavy atom. The van der Waals surface area contributed by atoms with Gasteiger partial charge in [0.25, 0.3) is 0 Å². The van der Waals surface area contributed by atoms with Gasteiger partial charge < -0.3 is 10.2 Å². The summed E-state index contributed by atoms with van der Waals surface area (Å²) < 4.78 is 0. The summed E-state index contributed by atoms with van der Waals surface area (Å²) in [5.41, 5.74) is 0.947. The molecule has 4 nitrogen and oxygen atoms in total. The van der Waals surface area contributed by atoms with Gasteiger partial charge in [0.15, 0.2) is 0 Å². The quantitative estimate of drug-likeness (QED) is 0.701. The van der Waals surface area contributed by atoms with Crippen molar-refractivity contribution in [2.24, 2.45) is 0 Å². The SMILES string of the molecule is C=CCN(C)c1cnc(CNC)cn1. The molecule has 0 aliphatic heterocycles. The van der Waals surface area contributed by atoms with E-state index in [1.165, 1.54) is 0 Å². The van der Waals surface area contributed by atoms with Crippen molar-refractivity contribution in [3.8, 4) is 0 Å². The standard InChI is InChI=1S/C10H16N4/c1-4-5-14(3)10-8-12-9(6-11-2)7-13-10/h4,7-8,11H,1,5-6H2,2-3H3. The monoisotopic (exact) mass is 192 g/mol. The summed E-state index contributed by atoms with van der Waals surface area (Å²) >= 11 is 0. The summed E-state index contributed by atoms with van der Waals surface area (Å²) in [5.74, 6) is 0.866. The van der Waals surface area contributed by atoms with Gasteiger partial charge in [-0.15, -0.1) is 6.58 Å². The normalized spacial score (nSPS) is 9.86. The average Bonchev–Trinajstić information content (AvgIpc) is 2.20. The highest BCUT2D eigenvalue weighted by atomic mass is 15.2. The van der Waals surface area contributed by atoms with Crippen molar-refractivity contribution in [3.05, 3.63) is 30.7 Å². The van der Waals surface area contributed by atoms with E-state index in [0.717, 1.165) is 24.6 Å². The fraction of sp³-hybridized carbons (Fsp3) is 0.400. The van der Waals surface area contributed by atoms with E-state index in [4.69, 9.17) is 0 Å². The largest absolute Gasteiger partial charge is 0.355 e. The van der Waals surface area contributed by atoms with Crippen molar-refractivity contribution in [1.29, 1.82) is 0 Å². The maximum atomic E-state index is 4.29. The van der Waals surface area contributed by atoms with Gasteiger partial charge in [-0.25, -0.2) is 4.98 Å². The van der Waals surface area contributed by atoms with E-state index >= 15 is 0 Å². The third kappa shape index (κ3) is 2.81. The van der Waals surface area contributed by atoms with Crippen molar-refractivity contribution in [3.63, 3.8) is 0 Å². The zero-order chi connectivity index (χ0) is 10.4. The molecule has 1 heterocycles. The summed E-state index contributed by atoms with van der Waals surface area (Å²) in [6, 6.07) is 0. The number of nitrogens with one attached hydrogen (secondary N) is 1. The maximum Gasteiger partial charge on any atom is 0.147 e. The van der Waals surface area contributed by atoms with E-state index in [1.807, 2.05) is 25.1 Å². The Kier molecular flexibility index (Phi) is 4.07. The van der Waals surface area contributed by atoms with Gasteiger partial charge in [-0.1, -0.05) is 6.08 Å². The van der Waals surface area contributed by atoms with Gasteiger partial charge in [0.05, 0.1) is 18.1 Å². The molecule has 0 bridgehead atoms. The molecule has 0 spiro atoms. The molecule has 0 atom stereocenters. The number of nitrogens with zero attached hydrogens (tertiary/aromatic N) is 3. The lowest BCUT2D eigenvalue weighted by Gasteiger charge is -2.15. The van der Waals surface area contributed by atoms with Crippen LogP contribution in [0.2, 0.25) is 0 Å². The van der Waals surface area contributed by atoms with Gasteiger partial charge in [-0.3, -0.25) is 4.98 Å². The molecule has 0 radical (unpaired) electrons. The predicted octanol–water partition coefficient (Wildman–Crippen LogP) is 0.818. The Balaban J connectivity index is 2.67. The molecule has 1 aromatic rings. The molecule has 0 fully saturated rings. The van der Waals surface area contributed by atoms with Gasteiger partial charge in [-0.2, -0.15) is 0 Å². The van der Waals surface area contributed by atoms with Crippen LogP contribution in [0, 0.1) is 0 Å². The maximum absolute atomic E-state index is 4.29. The molecule has 76 valence electrons. The van der Waals surface area contributed by atoms with Crippen molar-refractivity contribution < 1.29 is 0 Å². The molecule has 14 heavy (non-hydrogen) atoms. The molecule has 0 aromatic carbocycles. The van der Waals surface area contributed by atoms with Gasteiger partial charge in [-0.05, 0) is 7.05 Å². The van der Waals surface area contributed by atoms with Crippen molar-refractivity contribution in [2.45, 2.75) is 6.54 Å². The lowest BCUT2D eigenvalue weighted by molar-refractivity contribution is 0.782. The van der Waals surface area contributed by atoms with E-state index in [1.54, 1.807) is 12.4 Å². The lowest BCUT2D eigenvalue weighted by atomic mass is 10.4. The van der Waals surface area contributed by atoms with Gasteiger partial charge >= 0.3 is 0 Å². The lowest BCUT2D eigenvalue weighted by Crippen LogP contribution is -2.18. The minimum Gasteiger partial charge on any atom is -0.355 e. The number of aromatic nitrogens is 2. The second-order valence-corrected chi connectivity index (χ2v) is 3.07. The molecule has 1 rings (SSSR count). The van der Waals surface area contributed by atoms with E-state index in [0.29, 0.717) is 0 Å². The zero-order valence-corrected chi connectivity index (χ0v) is 8.70. The molecule has 0 amide bonds. The van der Waals surface area contributed by atoms with Crippen LogP contribution in [0.4, 0.5) is 5.82 Å². The topological polar surface area (TPSA) is 41.1 Å². The Morgan fingerprint density at radius 2 is 2.29 bits per heavy atom. The number of hydrogen-bond acceptors (Lipinski definition) is 4. The zero-order valence-electron chi connectivity index (χ0n) is 8.70. The molecular formula is C10H16N4. The first-order valence-electron chi connectivity index (χ1n) is 4.55. The van der Waals surface area contributed by atoms with E-state index in [9.17, 15) is 0 Å². The average molecular weight is 192 g/mol. The second kappa shape index (κ2) is 5.34. The molecular weight excluding hydrogens is 176 g/mol. The number of hydrogen-bond donors (Lipinski definition) is 1. The molecule has 0 saturated carbocycles. The van der Waals surface area contributed by atoms with Crippen LogP contribution in [-0.2, 0) is 6.54 Å². The Bertz CT molecular complexity index is 281. The fourth-order valence-electron chi connectivity index (χ4n) is 1.10. The van der Waals surface area contributed by atoms with E-state index < -0.39 is 0 Å². The van der Waals surface area contributed by atoms with Gasteiger partial charge in [0.1, 0.15) is 5.82 Å². The summed E-state index contributed by atoms with van der Waals surface area (Å²) in [6.07, 6.45) is 5.39. The number of anilines is 1. The molecule has 0 aliphatic rings. The Morgan fingerprint density at radius 1 is 1.50 bits per heavy atom. The summed E-state index contributed by atoms with van der Waals surface area (Å²) in [7, 11) is 3.85. The molecule has 4 heteroatoms. The van der Waals surface area contributed by atoms with Crippen LogP contribution in [0.1, 0.15) is 5.69 Å². The molecule has 1 N–H and O–H groups in total. The highest BCUT2D eigenvalue weighted by Gasteiger charge is 2.00. The van der Waals surface area contributed by atoms with Gasteiger partial charge in [0, 0.05) is 20.1 Å². The third-order valence-electron chi connectivity index (χ3n) is 1.84. The highest BCUT2D eigenvalue weighted by molar-refractivity contribution is 5.35. The van der Waals surface area contributed by atoms with E-state index in [-0.39, 0.29) is 0 Å². The fourth-order valence-corrected chi connectivity index (χ4v) is 1.10. The minimum absolute atomic E-state index is 0.748. The number of rotatable bonds is 5. The van der Waals surface area contributed by atoms with Crippen LogP contribution < -0.4 is 10.2 Å². The van der Waals surface area contributed by atoms with Crippen LogP contribution in [0.5, 0.6) is 0 Å². The molecule has 0 aliphatic carbocycles. The van der Waals surface area contributed by atoms with Crippen LogP contribution in [0.15, 0.2) is 25.0 Å². The first-order chi connectivity index (χ1) is 6.77. The summed E-state index contributed by atoms with van der Waals surface area (Å²) in [4.78, 5) is 10.6. The first-order valence-corrected chi connectivity index (χ1v) is 4.55. The van der Waals surface area contributed by atoms with E-state index in [2.05, 4.69) is 21.9 Å². The second-order valence-electron chi connectivity index (χ2n) is 3.07. The first kappa shape index (κ1) is 10.7.